The lowest BCUT2D eigenvalue weighted by molar-refractivity contribution is -0.390. The molecule has 15 heteroatoms. The second-order valence-electron chi connectivity index (χ2n) is 6.82. The van der Waals surface area contributed by atoms with Gasteiger partial charge in [-0.2, -0.15) is 52.3 Å². The van der Waals surface area contributed by atoms with Gasteiger partial charge in [-0.3, -0.25) is 4.55 Å². The Balaban J connectivity index is 0. The van der Waals surface area contributed by atoms with Crippen molar-refractivity contribution in [2.24, 2.45) is 0 Å². The molecule has 0 aromatic carbocycles. The predicted octanol–water partition coefficient (Wildman–Crippen LogP) is 6.32. The topological polar surface area (TPSA) is 66.4 Å². The van der Waals surface area contributed by atoms with Gasteiger partial charge in [0.05, 0.1) is 0 Å². The van der Waals surface area contributed by atoms with E-state index < -0.39 is 51.9 Å². The molecule has 0 amide bonds. The molecule has 0 aliphatic rings. The average Bonchev–Trinajstić information content (AvgIpc) is 2.67. The van der Waals surface area contributed by atoms with Gasteiger partial charge in [-0.05, 0) is 6.42 Å². The first-order valence-corrected chi connectivity index (χ1v) is 11.0. The van der Waals surface area contributed by atoms with Gasteiger partial charge in [-0.25, -0.2) is 0 Å². The maximum Gasteiger partial charge on any atom is 0.438 e. The van der Waals surface area contributed by atoms with Gasteiger partial charge >= 0.3 is 39.1 Å². The molecule has 0 heterocycles. The summed E-state index contributed by atoms with van der Waals surface area (Å²) in [6.45, 7) is 10.5. The summed E-state index contributed by atoms with van der Waals surface area (Å²) in [5.41, 5.74) is 0. The van der Waals surface area contributed by atoms with Gasteiger partial charge in [0.15, 0.2) is 0 Å². The lowest BCUT2D eigenvalue weighted by atomic mass is 9.94. The van der Waals surface area contributed by atoms with E-state index in [1.807, 2.05) is 12.2 Å². The zero-order chi connectivity index (χ0) is 26.8. The van der Waals surface area contributed by atoms with Crippen molar-refractivity contribution in [3.8, 4) is 0 Å². The largest absolute Gasteiger partial charge is 0.438 e. The summed E-state index contributed by atoms with van der Waals surface area (Å²) in [5, 5.41) is -4.09. The maximum absolute atomic E-state index is 13.4. The van der Waals surface area contributed by atoms with Gasteiger partial charge in [-0.1, -0.05) is 44.8 Å². The normalized spacial score (nSPS) is 13.8. The fourth-order valence-corrected chi connectivity index (χ4v) is 2.62. The highest BCUT2D eigenvalue weighted by molar-refractivity contribution is 7.87. The molecule has 33 heavy (non-hydrogen) atoms. The Kier molecular flexibility index (Phi) is 13.3. The van der Waals surface area contributed by atoms with Crippen molar-refractivity contribution in [1.82, 2.24) is 5.32 Å². The first-order valence-electron chi connectivity index (χ1n) is 9.51. The highest BCUT2D eigenvalue weighted by Crippen LogP contribution is 2.58. The minimum absolute atomic E-state index is 0.136. The van der Waals surface area contributed by atoms with Gasteiger partial charge in [0.2, 0.25) is 0 Å². The van der Waals surface area contributed by atoms with Crippen LogP contribution in [0.5, 0.6) is 0 Å². The van der Waals surface area contributed by atoms with Crippen LogP contribution < -0.4 is 5.32 Å². The lowest BCUT2D eigenvalue weighted by Gasteiger charge is -2.38. The van der Waals surface area contributed by atoms with Crippen LogP contribution in [-0.4, -0.2) is 55.0 Å². The highest BCUT2D eigenvalue weighted by Gasteiger charge is 2.88. The van der Waals surface area contributed by atoms with E-state index in [2.05, 4.69) is 18.5 Å². The zero-order valence-corrected chi connectivity index (χ0v) is 18.5. The van der Waals surface area contributed by atoms with Crippen LogP contribution in [0.15, 0.2) is 25.3 Å². The van der Waals surface area contributed by atoms with Crippen molar-refractivity contribution < 1.29 is 56.9 Å². The number of halogens is 10. The first-order chi connectivity index (χ1) is 14.7. The lowest BCUT2D eigenvalue weighted by Crippen LogP contribution is -2.68. The molecule has 0 bridgehead atoms. The number of unbranched alkanes of at least 4 members (excludes halogenated alkanes) is 4. The highest BCUT2D eigenvalue weighted by atomic mass is 32.2. The Morgan fingerprint density at radius 3 is 1.55 bits per heavy atom. The molecular weight excluding hydrogens is 500 g/mol. The Hall–Kier alpha value is -1.35. The number of hydrogen-bond donors (Lipinski definition) is 2. The molecule has 198 valence electrons. The van der Waals surface area contributed by atoms with E-state index in [0.29, 0.717) is 12.8 Å². The van der Waals surface area contributed by atoms with Crippen molar-refractivity contribution >= 4 is 10.1 Å². The minimum Gasteiger partial charge on any atom is -0.310 e. The number of hydrogen-bond acceptors (Lipinski definition) is 3. The van der Waals surface area contributed by atoms with Crippen molar-refractivity contribution in [3.63, 3.8) is 0 Å². The zero-order valence-electron chi connectivity index (χ0n) is 17.7. The fourth-order valence-electron chi connectivity index (χ4n) is 2.17. The first kappa shape index (κ1) is 33.8. The number of rotatable bonds is 15. The van der Waals surface area contributed by atoms with Crippen LogP contribution in [0.25, 0.3) is 0 Å². The smallest absolute Gasteiger partial charge is 0.310 e. The van der Waals surface area contributed by atoms with Gasteiger partial charge in [-0.15, -0.1) is 13.2 Å². The Bertz CT molecular complexity index is 704. The molecule has 4 nitrogen and oxygen atoms in total. The summed E-state index contributed by atoms with van der Waals surface area (Å²) in [4.78, 5) is 0. The van der Waals surface area contributed by atoms with E-state index in [-0.39, 0.29) is 12.8 Å². The Morgan fingerprint density at radius 2 is 1.18 bits per heavy atom. The van der Waals surface area contributed by atoms with E-state index in [0.717, 1.165) is 13.1 Å². The molecule has 0 aromatic rings. The maximum atomic E-state index is 13.4. The standard InChI is InChI=1S/C12H16F10O3S.C6H11N/c1-2-3-4-5-6-7-8(13,14)9(15,16)10(17,18)11(19,20)12(21,22)26(23,24)25;1-3-5-7-6-4-2/h2-7H2,1H3,(H,23,24,25);3-4,7H,1-2,5-6H2. The van der Waals surface area contributed by atoms with E-state index in [1.165, 1.54) is 0 Å². The summed E-state index contributed by atoms with van der Waals surface area (Å²) < 4.78 is 160. The minimum atomic E-state index is -7.53. The van der Waals surface area contributed by atoms with Gasteiger partial charge in [0.25, 0.3) is 0 Å². The van der Waals surface area contributed by atoms with E-state index in [9.17, 15) is 52.3 Å². The molecule has 2 N–H and O–H groups in total. The van der Waals surface area contributed by atoms with Crippen LogP contribution in [0.2, 0.25) is 0 Å². The van der Waals surface area contributed by atoms with Crippen LogP contribution in [0.4, 0.5) is 43.9 Å². The SMILES string of the molecule is C=CCNCC=C.CCCCCCCC(F)(F)C(F)(F)C(F)(F)C(F)(F)C(F)(F)S(=O)(=O)O. The van der Waals surface area contributed by atoms with Crippen LogP contribution in [0, 0.1) is 0 Å². The molecule has 0 fully saturated rings. The third-order valence-electron chi connectivity index (χ3n) is 4.11. The summed E-state index contributed by atoms with van der Waals surface area (Å²) >= 11 is 0. The van der Waals surface area contributed by atoms with Crippen molar-refractivity contribution in [2.45, 2.75) is 74.4 Å². The molecule has 0 saturated heterocycles. The van der Waals surface area contributed by atoms with Gasteiger partial charge in [0, 0.05) is 19.5 Å². The van der Waals surface area contributed by atoms with Gasteiger partial charge < -0.3 is 5.32 Å². The molecule has 0 saturated carbocycles. The second kappa shape index (κ2) is 12.9. The summed E-state index contributed by atoms with van der Waals surface area (Å²) in [7, 11) is -7.32. The van der Waals surface area contributed by atoms with Crippen molar-refractivity contribution in [1.29, 1.82) is 0 Å². The summed E-state index contributed by atoms with van der Waals surface area (Å²) in [5.74, 6) is -27.9. The van der Waals surface area contributed by atoms with Crippen LogP contribution in [-0.2, 0) is 10.1 Å². The monoisotopic (exact) mass is 527 g/mol. The van der Waals surface area contributed by atoms with Gasteiger partial charge in [0.1, 0.15) is 0 Å². The summed E-state index contributed by atoms with van der Waals surface area (Å²) in [6, 6.07) is 0. The molecule has 0 unspecified atom stereocenters. The molecule has 0 aliphatic heterocycles. The van der Waals surface area contributed by atoms with Crippen molar-refractivity contribution in [3.05, 3.63) is 25.3 Å². The summed E-state index contributed by atoms with van der Waals surface area (Å²) in [6.07, 6.45) is 2.06. The molecule has 0 aromatic heterocycles. The predicted molar refractivity (Wildman–Crippen MR) is 103 cm³/mol. The molecular formula is C18H27F10NO3S. The van der Waals surface area contributed by atoms with E-state index in [4.69, 9.17) is 4.55 Å². The Morgan fingerprint density at radius 1 is 0.758 bits per heavy atom. The van der Waals surface area contributed by atoms with Crippen LogP contribution in [0.3, 0.4) is 0 Å². The molecule has 0 rings (SSSR count). The molecule has 0 radical (unpaired) electrons. The second-order valence-corrected chi connectivity index (χ2v) is 8.28. The Labute approximate surface area is 185 Å². The average molecular weight is 527 g/mol. The number of alkyl halides is 10. The molecule has 0 spiro atoms. The van der Waals surface area contributed by atoms with Crippen LogP contribution >= 0.6 is 0 Å². The van der Waals surface area contributed by atoms with Crippen LogP contribution in [0.1, 0.15) is 45.4 Å². The van der Waals surface area contributed by atoms with E-state index >= 15 is 0 Å². The molecule has 0 aliphatic carbocycles. The van der Waals surface area contributed by atoms with E-state index in [1.54, 1.807) is 6.92 Å². The fraction of sp³-hybridized carbons (Fsp3) is 0.778. The third kappa shape index (κ3) is 8.12. The quantitative estimate of drug-likeness (QED) is 0.113. The van der Waals surface area contributed by atoms with Crippen molar-refractivity contribution in [2.75, 3.05) is 13.1 Å². The molecule has 0 atom stereocenters. The third-order valence-corrected chi connectivity index (χ3v) is 5.01. The number of nitrogens with one attached hydrogen (secondary N) is 1.